The van der Waals surface area contributed by atoms with Crippen LogP contribution in [0.15, 0.2) is 46.9 Å². The lowest BCUT2D eigenvalue weighted by molar-refractivity contribution is -0.116. The Morgan fingerprint density at radius 1 is 1.27 bits per heavy atom. The first-order valence-electron chi connectivity index (χ1n) is 6.99. The summed E-state index contributed by atoms with van der Waals surface area (Å²) in [5.41, 5.74) is 1.63. The molecule has 0 saturated heterocycles. The van der Waals surface area contributed by atoms with E-state index in [9.17, 15) is 4.79 Å². The summed E-state index contributed by atoms with van der Waals surface area (Å²) < 4.78 is 6.57. The molecule has 0 aromatic heterocycles. The first kappa shape index (κ1) is 16.8. The van der Waals surface area contributed by atoms with Crippen LogP contribution in [0.1, 0.15) is 18.4 Å². The fourth-order valence-corrected chi connectivity index (χ4v) is 2.49. The molecule has 0 aliphatic carbocycles. The molecule has 0 spiro atoms. The maximum Gasteiger partial charge on any atom is 0.224 e. The maximum absolute atomic E-state index is 11.9. The molecule has 3 nitrogen and oxygen atoms in total. The Morgan fingerprint density at radius 2 is 2.05 bits per heavy atom. The number of benzene rings is 2. The van der Waals surface area contributed by atoms with Crippen LogP contribution >= 0.6 is 27.5 Å². The molecule has 0 heterocycles. The van der Waals surface area contributed by atoms with Crippen LogP contribution in [0.3, 0.4) is 0 Å². The zero-order valence-electron chi connectivity index (χ0n) is 12.2. The maximum atomic E-state index is 11.9. The van der Waals surface area contributed by atoms with Crippen molar-refractivity contribution in [3.63, 3.8) is 0 Å². The summed E-state index contributed by atoms with van der Waals surface area (Å²) in [6.07, 6.45) is 1.05. The van der Waals surface area contributed by atoms with Gasteiger partial charge >= 0.3 is 0 Å². The number of carbonyl (C=O) groups is 1. The van der Waals surface area contributed by atoms with Gasteiger partial charge in [-0.25, -0.2) is 0 Å². The van der Waals surface area contributed by atoms with Gasteiger partial charge in [0.05, 0.1) is 6.61 Å². The second-order valence-electron chi connectivity index (χ2n) is 4.87. The van der Waals surface area contributed by atoms with Crippen LogP contribution in [0, 0.1) is 6.92 Å². The highest BCUT2D eigenvalue weighted by Gasteiger charge is 2.06. The molecule has 2 aromatic carbocycles. The third-order valence-corrected chi connectivity index (χ3v) is 4.06. The number of carbonyl (C=O) groups excluding carboxylic acids is 1. The Morgan fingerprint density at radius 3 is 2.82 bits per heavy atom. The van der Waals surface area contributed by atoms with Crippen LogP contribution in [0.2, 0.25) is 5.02 Å². The van der Waals surface area contributed by atoms with Crippen LogP contribution in [-0.4, -0.2) is 12.5 Å². The predicted molar refractivity (Wildman–Crippen MR) is 93.7 cm³/mol. The third-order valence-electron chi connectivity index (χ3n) is 3.15. The topological polar surface area (TPSA) is 38.3 Å². The van der Waals surface area contributed by atoms with E-state index in [2.05, 4.69) is 21.2 Å². The zero-order chi connectivity index (χ0) is 15.9. The molecule has 1 N–H and O–H groups in total. The van der Waals surface area contributed by atoms with Crippen molar-refractivity contribution in [3.8, 4) is 5.75 Å². The summed E-state index contributed by atoms with van der Waals surface area (Å²) in [5, 5.41) is 3.52. The number of rotatable bonds is 6. The molecular weight excluding hydrogens is 366 g/mol. The van der Waals surface area contributed by atoms with E-state index in [0.29, 0.717) is 24.5 Å². The first-order valence-corrected chi connectivity index (χ1v) is 8.16. The molecule has 0 radical (unpaired) electrons. The highest BCUT2D eigenvalue weighted by atomic mass is 79.9. The molecule has 5 heteroatoms. The normalized spacial score (nSPS) is 10.3. The average molecular weight is 383 g/mol. The van der Waals surface area contributed by atoms with Gasteiger partial charge in [0.2, 0.25) is 5.91 Å². The highest BCUT2D eigenvalue weighted by molar-refractivity contribution is 9.10. The van der Waals surface area contributed by atoms with Crippen molar-refractivity contribution in [1.29, 1.82) is 0 Å². The summed E-state index contributed by atoms with van der Waals surface area (Å²) in [4.78, 5) is 11.9. The van der Waals surface area contributed by atoms with Crippen molar-refractivity contribution in [2.75, 3.05) is 11.9 Å². The van der Waals surface area contributed by atoms with Gasteiger partial charge in [-0.2, -0.15) is 0 Å². The van der Waals surface area contributed by atoms with E-state index in [1.807, 2.05) is 43.3 Å². The van der Waals surface area contributed by atoms with E-state index in [1.165, 1.54) is 0 Å². The number of nitrogens with one attached hydrogen (secondary N) is 1. The SMILES string of the molecule is Cc1c(Cl)cccc1NC(=O)CCCOc1cccc(Br)c1. The lowest BCUT2D eigenvalue weighted by Crippen LogP contribution is -2.13. The monoisotopic (exact) mass is 381 g/mol. The summed E-state index contributed by atoms with van der Waals surface area (Å²) >= 11 is 9.42. The standard InChI is InChI=1S/C17H17BrClNO2/c1-12-15(19)7-3-8-16(12)20-17(21)9-4-10-22-14-6-2-5-13(18)11-14/h2-3,5-8,11H,4,9-10H2,1H3,(H,20,21). The van der Waals surface area contributed by atoms with Gasteiger partial charge in [0.15, 0.2) is 0 Å². The van der Waals surface area contributed by atoms with E-state index in [0.717, 1.165) is 21.5 Å². The van der Waals surface area contributed by atoms with Crippen molar-refractivity contribution >= 4 is 39.1 Å². The molecule has 0 atom stereocenters. The van der Waals surface area contributed by atoms with Crippen molar-refractivity contribution in [2.24, 2.45) is 0 Å². The van der Waals surface area contributed by atoms with Gasteiger partial charge in [-0.3, -0.25) is 4.79 Å². The lowest BCUT2D eigenvalue weighted by atomic mass is 10.2. The molecule has 0 aliphatic rings. The Bertz CT molecular complexity index is 661. The van der Waals surface area contributed by atoms with E-state index < -0.39 is 0 Å². The summed E-state index contributed by atoms with van der Waals surface area (Å²) in [7, 11) is 0. The molecular formula is C17H17BrClNO2. The van der Waals surface area contributed by atoms with Crippen LogP contribution in [0.4, 0.5) is 5.69 Å². The molecule has 0 aliphatic heterocycles. The summed E-state index contributed by atoms with van der Waals surface area (Å²) in [6.45, 7) is 2.38. The fraction of sp³-hybridized carbons (Fsp3) is 0.235. The van der Waals surface area contributed by atoms with Crippen LogP contribution in [0.5, 0.6) is 5.75 Å². The molecule has 2 aromatic rings. The van der Waals surface area contributed by atoms with Gasteiger partial charge in [0.1, 0.15) is 5.75 Å². The van der Waals surface area contributed by atoms with E-state index in [1.54, 1.807) is 6.07 Å². The van der Waals surface area contributed by atoms with Crippen LogP contribution in [0.25, 0.3) is 0 Å². The van der Waals surface area contributed by atoms with Crippen molar-refractivity contribution < 1.29 is 9.53 Å². The number of halogens is 2. The van der Waals surface area contributed by atoms with E-state index in [-0.39, 0.29) is 5.91 Å². The highest BCUT2D eigenvalue weighted by Crippen LogP contribution is 2.23. The second kappa shape index (κ2) is 8.20. The molecule has 22 heavy (non-hydrogen) atoms. The number of hydrogen-bond acceptors (Lipinski definition) is 2. The largest absolute Gasteiger partial charge is 0.494 e. The Kier molecular flexibility index (Phi) is 6.28. The number of amides is 1. The van der Waals surface area contributed by atoms with E-state index in [4.69, 9.17) is 16.3 Å². The molecule has 0 unspecified atom stereocenters. The number of hydrogen-bond donors (Lipinski definition) is 1. The lowest BCUT2D eigenvalue weighted by Gasteiger charge is -2.10. The molecule has 116 valence electrons. The van der Waals surface area contributed by atoms with Gasteiger partial charge in [-0.15, -0.1) is 0 Å². The molecule has 0 bridgehead atoms. The van der Waals surface area contributed by atoms with Crippen molar-refractivity contribution in [1.82, 2.24) is 0 Å². The minimum Gasteiger partial charge on any atom is -0.494 e. The van der Waals surface area contributed by atoms with Gasteiger partial charge < -0.3 is 10.1 Å². The predicted octanol–water partition coefficient (Wildman–Crippen LogP) is 5.21. The van der Waals surface area contributed by atoms with Crippen LogP contribution in [-0.2, 0) is 4.79 Å². The fourth-order valence-electron chi connectivity index (χ4n) is 1.94. The van der Waals surface area contributed by atoms with Gasteiger partial charge in [0, 0.05) is 21.6 Å². The van der Waals surface area contributed by atoms with Gasteiger partial charge in [-0.1, -0.05) is 39.7 Å². The first-order chi connectivity index (χ1) is 10.6. The van der Waals surface area contributed by atoms with Crippen molar-refractivity contribution in [2.45, 2.75) is 19.8 Å². The molecule has 0 saturated carbocycles. The van der Waals surface area contributed by atoms with Crippen LogP contribution < -0.4 is 10.1 Å². The minimum absolute atomic E-state index is 0.0387. The quantitative estimate of drug-likeness (QED) is 0.697. The third kappa shape index (κ3) is 5.04. The second-order valence-corrected chi connectivity index (χ2v) is 6.19. The Labute approximate surface area is 143 Å². The zero-order valence-corrected chi connectivity index (χ0v) is 14.6. The van der Waals surface area contributed by atoms with E-state index >= 15 is 0 Å². The summed E-state index contributed by atoms with van der Waals surface area (Å²) in [6, 6.07) is 13.1. The molecule has 2 rings (SSSR count). The molecule has 0 fully saturated rings. The average Bonchev–Trinajstić information content (AvgIpc) is 2.49. The summed E-state index contributed by atoms with van der Waals surface area (Å²) in [5.74, 6) is 0.753. The minimum atomic E-state index is -0.0387. The number of ether oxygens (including phenoxy) is 1. The number of anilines is 1. The molecule has 1 amide bonds. The van der Waals surface area contributed by atoms with Gasteiger partial charge in [0.25, 0.3) is 0 Å². The van der Waals surface area contributed by atoms with Gasteiger partial charge in [-0.05, 0) is 49.2 Å². The Hall–Kier alpha value is -1.52. The smallest absolute Gasteiger partial charge is 0.224 e. The Balaban J connectivity index is 1.75. The van der Waals surface area contributed by atoms with Crippen molar-refractivity contribution in [3.05, 3.63) is 57.5 Å².